The summed E-state index contributed by atoms with van der Waals surface area (Å²) in [6.07, 6.45) is 3.30. The van der Waals surface area contributed by atoms with Crippen molar-refractivity contribution in [1.29, 1.82) is 0 Å². The topological polar surface area (TPSA) is 87.3 Å². The van der Waals surface area contributed by atoms with Crippen molar-refractivity contribution in [2.75, 3.05) is 19.5 Å². The number of nitrogens with one attached hydrogen (secondary N) is 2. The van der Waals surface area contributed by atoms with Crippen LogP contribution in [0.15, 0.2) is 73.1 Å². The number of methoxy groups -OCH3 is 1. The van der Waals surface area contributed by atoms with Gasteiger partial charge in [-0.2, -0.15) is 0 Å². The molecule has 0 bridgehead atoms. The maximum Gasteiger partial charge on any atom is 0.256 e. The average Bonchev–Trinajstić information content (AvgIpc) is 3.28. The number of ether oxygens (including phenoxy) is 1. The number of H-pyrrole nitrogens is 1. The number of amides is 2. The summed E-state index contributed by atoms with van der Waals surface area (Å²) in [7, 11) is 1.78. The van der Waals surface area contributed by atoms with Gasteiger partial charge in [0.1, 0.15) is 17.4 Å². The van der Waals surface area contributed by atoms with Crippen molar-refractivity contribution < 1.29 is 14.3 Å². The zero-order valence-electron chi connectivity index (χ0n) is 20.6. The Balaban J connectivity index is 1.66. The molecule has 0 saturated heterocycles. The number of nitrogens with zero attached hydrogens (tertiary/aromatic N) is 2. The van der Waals surface area contributed by atoms with E-state index in [1.165, 1.54) is 10.1 Å². The summed E-state index contributed by atoms with van der Waals surface area (Å²) in [6, 6.07) is 17.9. The van der Waals surface area contributed by atoms with Gasteiger partial charge in [-0.05, 0) is 42.0 Å². The molecule has 0 fully saturated rings. The molecule has 2 heterocycles. The van der Waals surface area contributed by atoms with E-state index in [2.05, 4.69) is 47.1 Å². The van der Waals surface area contributed by atoms with Crippen LogP contribution in [0.1, 0.15) is 22.0 Å². The Morgan fingerprint density at radius 3 is 2.34 bits per heavy atom. The molecule has 7 nitrogen and oxygen atoms in total. The summed E-state index contributed by atoms with van der Waals surface area (Å²) in [5.41, 5.74) is 2.45. The van der Waals surface area contributed by atoms with Gasteiger partial charge in [0.2, 0.25) is 0 Å². The number of hydrogen-bond acceptors (Lipinski definition) is 4. The fourth-order valence-electron chi connectivity index (χ4n) is 4.04. The van der Waals surface area contributed by atoms with E-state index >= 15 is 0 Å². The van der Waals surface area contributed by atoms with Crippen molar-refractivity contribution in [3.05, 3.63) is 84.2 Å². The van der Waals surface area contributed by atoms with Crippen LogP contribution in [-0.2, 0) is 4.79 Å². The summed E-state index contributed by atoms with van der Waals surface area (Å²) in [6.45, 7) is 6.84. The SMILES string of the molecule is COc1ccc(C(C(=O)Nc2ccc([Si](C)(C)C)cc2)N(C)C(=O)c2c[nH]c3ncccc23)cc1. The summed E-state index contributed by atoms with van der Waals surface area (Å²) in [4.78, 5) is 35.9. The first-order chi connectivity index (χ1) is 16.7. The molecule has 2 N–H and O–H groups in total. The molecule has 2 amide bonds. The summed E-state index contributed by atoms with van der Waals surface area (Å²) in [5.74, 6) is 0.0885. The minimum absolute atomic E-state index is 0.283. The zero-order valence-corrected chi connectivity index (χ0v) is 21.6. The van der Waals surface area contributed by atoms with E-state index in [0.29, 0.717) is 33.6 Å². The Morgan fingerprint density at radius 1 is 1.03 bits per heavy atom. The van der Waals surface area contributed by atoms with Crippen LogP contribution in [0, 0.1) is 0 Å². The van der Waals surface area contributed by atoms with Gasteiger partial charge in [-0.15, -0.1) is 0 Å². The van der Waals surface area contributed by atoms with Crippen molar-refractivity contribution in [2.45, 2.75) is 25.7 Å². The quantitative estimate of drug-likeness (QED) is 0.375. The minimum Gasteiger partial charge on any atom is -0.497 e. The molecular weight excluding hydrogens is 456 g/mol. The third-order valence-corrected chi connectivity index (χ3v) is 8.15. The van der Waals surface area contributed by atoms with Gasteiger partial charge in [0.15, 0.2) is 0 Å². The van der Waals surface area contributed by atoms with E-state index in [1.54, 1.807) is 56.9 Å². The molecule has 1 unspecified atom stereocenters. The molecule has 0 aliphatic heterocycles. The van der Waals surface area contributed by atoms with Crippen LogP contribution in [0.2, 0.25) is 19.6 Å². The standard InChI is InChI=1S/C27H30N4O3Si/c1-31(27(33)23-17-29-25-22(23)7-6-16-28-25)24(18-8-12-20(34-2)13-9-18)26(32)30-19-10-14-21(15-11-19)35(3,4)5/h6-17,24H,1-5H3,(H,28,29)(H,30,32). The number of anilines is 1. The van der Waals surface area contributed by atoms with Gasteiger partial charge in [-0.3, -0.25) is 9.59 Å². The number of aromatic amines is 1. The molecule has 180 valence electrons. The lowest BCUT2D eigenvalue weighted by molar-refractivity contribution is -0.120. The lowest BCUT2D eigenvalue weighted by Crippen LogP contribution is -2.39. The van der Waals surface area contributed by atoms with Crippen LogP contribution in [0.5, 0.6) is 5.75 Å². The third-order valence-electron chi connectivity index (χ3n) is 6.09. The first kappa shape index (κ1) is 24.2. The van der Waals surface area contributed by atoms with Gasteiger partial charge in [0.25, 0.3) is 11.8 Å². The molecule has 35 heavy (non-hydrogen) atoms. The second kappa shape index (κ2) is 9.75. The van der Waals surface area contributed by atoms with Gasteiger partial charge < -0.3 is 19.9 Å². The Morgan fingerprint density at radius 2 is 1.71 bits per heavy atom. The van der Waals surface area contributed by atoms with Crippen LogP contribution < -0.4 is 15.2 Å². The predicted octanol–water partition coefficient (Wildman–Crippen LogP) is 4.57. The molecule has 0 radical (unpaired) electrons. The number of rotatable bonds is 7. The van der Waals surface area contributed by atoms with Gasteiger partial charge in [0.05, 0.1) is 20.7 Å². The number of carbonyl (C=O) groups is 2. The molecule has 4 rings (SSSR count). The van der Waals surface area contributed by atoms with E-state index < -0.39 is 14.1 Å². The fraction of sp³-hybridized carbons (Fsp3) is 0.222. The number of carbonyl (C=O) groups excluding carboxylic acids is 2. The molecule has 0 saturated carbocycles. The van der Waals surface area contributed by atoms with Gasteiger partial charge in [-0.1, -0.05) is 49.1 Å². The number of likely N-dealkylation sites (N-methyl/N-ethyl adjacent to an activating group) is 1. The normalized spacial score (nSPS) is 12.3. The highest BCUT2D eigenvalue weighted by atomic mass is 28.3. The minimum atomic E-state index is -1.45. The highest BCUT2D eigenvalue weighted by Gasteiger charge is 2.31. The molecular formula is C27H30N4O3Si. The van der Waals surface area contributed by atoms with Crippen molar-refractivity contribution in [3.8, 4) is 5.75 Å². The largest absolute Gasteiger partial charge is 0.497 e. The summed E-state index contributed by atoms with van der Waals surface area (Å²) < 4.78 is 5.27. The molecule has 1 atom stereocenters. The molecule has 4 aromatic rings. The summed E-state index contributed by atoms with van der Waals surface area (Å²) >= 11 is 0. The van der Waals surface area contributed by atoms with Crippen LogP contribution >= 0.6 is 0 Å². The highest BCUT2D eigenvalue weighted by molar-refractivity contribution is 6.88. The van der Waals surface area contributed by atoms with Gasteiger partial charge in [0, 0.05) is 30.5 Å². The van der Waals surface area contributed by atoms with Crippen molar-refractivity contribution in [1.82, 2.24) is 14.9 Å². The Bertz CT molecular complexity index is 1340. The third kappa shape index (κ3) is 5.12. The zero-order chi connectivity index (χ0) is 25.2. The Hall–Kier alpha value is -3.91. The van der Waals surface area contributed by atoms with E-state index in [1.807, 2.05) is 18.2 Å². The molecule has 0 aliphatic carbocycles. The van der Waals surface area contributed by atoms with Crippen LogP contribution in [0.25, 0.3) is 11.0 Å². The number of aromatic nitrogens is 2. The fourth-order valence-corrected chi connectivity index (χ4v) is 5.21. The second-order valence-corrected chi connectivity index (χ2v) is 14.6. The van der Waals surface area contributed by atoms with Gasteiger partial charge >= 0.3 is 0 Å². The van der Waals surface area contributed by atoms with Crippen molar-refractivity contribution in [3.63, 3.8) is 0 Å². The molecule has 0 spiro atoms. The lowest BCUT2D eigenvalue weighted by Gasteiger charge is -2.28. The number of benzene rings is 2. The molecule has 2 aromatic carbocycles. The van der Waals surface area contributed by atoms with Crippen LogP contribution in [0.3, 0.4) is 0 Å². The first-order valence-electron chi connectivity index (χ1n) is 11.4. The van der Waals surface area contributed by atoms with E-state index in [9.17, 15) is 9.59 Å². The van der Waals surface area contributed by atoms with Crippen LogP contribution in [0.4, 0.5) is 5.69 Å². The molecule has 0 aliphatic rings. The van der Waals surface area contributed by atoms with Crippen molar-refractivity contribution >= 4 is 41.8 Å². The Labute approximate surface area is 206 Å². The van der Waals surface area contributed by atoms with Crippen molar-refractivity contribution in [2.24, 2.45) is 0 Å². The van der Waals surface area contributed by atoms with Gasteiger partial charge in [-0.25, -0.2) is 4.98 Å². The van der Waals surface area contributed by atoms with E-state index in [4.69, 9.17) is 4.74 Å². The highest BCUT2D eigenvalue weighted by Crippen LogP contribution is 2.27. The van der Waals surface area contributed by atoms with E-state index in [0.717, 1.165) is 0 Å². The lowest BCUT2D eigenvalue weighted by atomic mass is 10.0. The number of pyridine rings is 1. The molecule has 2 aromatic heterocycles. The Kier molecular flexibility index (Phi) is 6.75. The predicted molar refractivity (Wildman–Crippen MR) is 142 cm³/mol. The smallest absolute Gasteiger partial charge is 0.256 e. The number of fused-ring (bicyclic) bond motifs is 1. The first-order valence-corrected chi connectivity index (χ1v) is 14.9. The molecule has 8 heteroatoms. The average molecular weight is 487 g/mol. The van der Waals surface area contributed by atoms with Crippen LogP contribution in [-0.4, -0.2) is 48.9 Å². The summed E-state index contributed by atoms with van der Waals surface area (Å²) in [5, 5.41) is 5.01. The monoisotopic (exact) mass is 486 g/mol. The maximum absolute atomic E-state index is 13.6. The maximum atomic E-state index is 13.6. The second-order valence-electron chi connectivity index (χ2n) is 9.51. The van der Waals surface area contributed by atoms with E-state index in [-0.39, 0.29) is 11.8 Å². The number of hydrogen-bond donors (Lipinski definition) is 2.